The van der Waals surface area contributed by atoms with Gasteiger partial charge in [0.1, 0.15) is 11.5 Å². The predicted molar refractivity (Wildman–Crippen MR) is 93.7 cm³/mol. The molecule has 0 saturated carbocycles. The van der Waals surface area contributed by atoms with E-state index >= 15 is 0 Å². The minimum absolute atomic E-state index is 0.0468. The van der Waals surface area contributed by atoms with Crippen LogP contribution in [0.5, 0.6) is 0 Å². The Hall–Kier alpha value is -2.58. The highest BCUT2D eigenvalue weighted by Gasteiger charge is 2.04. The molecule has 1 aromatic heterocycles. The summed E-state index contributed by atoms with van der Waals surface area (Å²) < 4.78 is 5.73. The summed E-state index contributed by atoms with van der Waals surface area (Å²) in [6, 6.07) is 18.6. The van der Waals surface area contributed by atoms with Crippen molar-refractivity contribution in [3.05, 3.63) is 88.6 Å². The summed E-state index contributed by atoms with van der Waals surface area (Å²) >= 11 is 5.88. The number of carbonyl (C=O) groups is 1. The normalized spacial score (nSPS) is 11.0. The average Bonchev–Trinajstić information content (AvgIpc) is 3.03. The highest BCUT2D eigenvalue weighted by molar-refractivity contribution is 6.30. The fourth-order valence-corrected chi connectivity index (χ4v) is 2.31. The Morgan fingerprint density at radius 2 is 1.65 bits per heavy atom. The van der Waals surface area contributed by atoms with Crippen LogP contribution >= 0.6 is 11.6 Å². The zero-order valence-corrected chi connectivity index (χ0v) is 13.4. The number of rotatable bonds is 4. The Labute approximate surface area is 140 Å². The first-order valence-electron chi connectivity index (χ1n) is 7.27. The zero-order valence-electron chi connectivity index (χ0n) is 12.6. The average molecular weight is 323 g/mol. The molecule has 3 aromatic rings. The molecule has 0 radical (unpaired) electrons. The van der Waals surface area contributed by atoms with E-state index < -0.39 is 0 Å². The Morgan fingerprint density at radius 1 is 0.957 bits per heavy atom. The number of allylic oxidation sites excluding steroid dienone is 1. The Kier molecular flexibility index (Phi) is 4.45. The van der Waals surface area contributed by atoms with Crippen LogP contribution in [0.25, 0.3) is 17.4 Å². The van der Waals surface area contributed by atoms with Crippen LogP contribution in [0, 0.1) is 6.92 Å². The minimum atomic E-state index is -0.0468. The van der Waals surface area contributed by atoms with E-state index in [0.717, 1.165) is 16.9 Å². The minimum Gasteiger partial charge on any atom is -0.457 e. The van der Waals surface area contributed by atoms with Crippen LogP contribution in [-0.2, 0) is 0 Å². The van der Waals surface area contributed by atoms with E-state index in [1.807, 2.05) is 67.6 Å². The van der Waals surface area contributed by atoms with Crippen LogP contribution in [0.15, 0.2) is 71.2 Å². The molecule has 0 aliphatic rings. The van der Waals surface area contributed by atoms with E-state index in [0.29, 0.717) is 16.3 Å². The summed E-state index contributed by atoms with van der Waals surface area (Å²) in [4.78, 5) is 12.1. The van der Waals surface area contributed by atoms with Crippen LogP contribution < -0.4 is 0 Å². The van der Waals surface area contributed by atoms with Gasteiger partial charge in [-0.2, -0.15) is 0 Å². The van der Waals surface area contributed by atoms with Gasteiger partial charge in [0, 0.05) is 16.1 Å². The summed E-state index contributed by atoms with van der Waals surface area (Å²) in [5, 5.41) is 0.684. The first kappa shape index (κ1) is 15.3. The van der Waals surface area contributed by atoms with Gasteiger partial charge in [0.25, 0.3) is 0 Å². The summed E-state index contributed by atoms with van der Waals surface area (Å²) in [5.41, 5.74) is 2.74. The summed E-state index contributed by atoms with van der Waals surface area (Å²) in [6.07, 6.45) is 3.21. The molecular weight excluding hydrogens is 308 g/mol. The van der Waals surface area contributed by atoms with Gasteiger partial charge in [-0.1, -0.05) is 41.4 Å². The topological polar surface area (TPSA) is 30.2 Å². The molecule has 3 rings (SSSR count). The third-order valence-electron chi connectivity index (χ3n) is 3.49. The largest absolute Gasteiger partial charge is 0.457 e. The molecule has 0 spiro atoms. The van der Waals surface area contributed by atoms with Crippen molar-refractivity contribution >= 4 is 23.5 Å². The molecule has 0 amide bonds. The fourth-order valence-electron chi connectivity index (χ4n) is 2.18. The van der Waals surface area contributed by atoms with Crippen LogP contribution in [-0.4, -0.2) is 5.78 Å². The second-order valence-electron chi connectivity index (χ2n) is 5.27. The van der Waals surface area contributed by atoms with Crippen molar-refractivity contribution in [2.75, 3.05) is 0 Å². The van der Waals surface area contributed by atoms with Crippen LogP contribution in [0.4, 0.5) is 0 Å². The number of furan rings is 1. The fraction of sp³-hybridized carbons (Fsp3) is 0.0500. The van der Waals surface area contributed by atoms with Crippen molar-refractivity contribution in [3.8, 4) is 11.3 Å². The van der Waals surface area contributed by atoms with Gasteiger partial charge in [-0.3, -0.25) is 4.79 Å². The van der Waals surface area contributed by atoms with Gasteiger partial charge in [0.15, 0.2) is 5.78 Å². The van der Waals surface area contributed by atoms with Gasteiger partial charge in [-0.15, -0.1) is 0 Å². The number of carbonyl (C=O) groups excluding carboxylic acids is 1. The number of halogens is 1. The van der Waals surface area contributed by atoms with E-state index in [-0.39, 0.29) is 5.78 Å². The van der Waals surface area contributed by atoms with Crippen molar-refractivity contribution in [2.45, 2.75) is 6.92 Å². The second-order valence-corrected chi connectivity index (χ2v) is 5.71. The Morgan fingerprint density at radius 3 is 2.35 bits per heavy atom. The lowest BCUT2D eigenvalue weighted by Crippen LogP contribution is -1.93. The van der Waals surface area contributed by atoms with Crippen molar-refractivity contribution in [3.63, 3.8) is 0 Å². The van der Waals surface area contributed by atoms with Crippen LogP contribution in [0.1, 0.15) is 21.7 Å². The third-order valence-corrected chi connectivity index (χ3v) is 3.74. The number of benzene rings is 2. The molecule has 0 N–H and O–H groups in total. The standard InChI is InChI=1S/C20H15ClO2/c1-14-2-4-15(5-3-14)19(22)12-10-18-11-13-20(23-18)16-6-8-17(21)9-7-16/h2-13H,1H3. The third kappa shape index (κ3) is 3.79. The van der Waals surface area contributed by atoms with Crippen molar-refractivity contribution < 1.29 is 9.21 Å². The van der Waals surface area contributed by atoms with Gasteiger partial charge in [-0.05, 0) is 55.5 Å². The Balaban J connectivity index is 1.74. The molecule has 0 aliphatic heterocycles. The lowest BCUT2D eigenvalue weighted by atomic mass is 10.1. The predicted octanol–water partition coefficient (Wildman–Crippen LogP) is 5.80. The maximum Gasteiger partial charge on any atom is 0.185 e. The van der Waals surface area contributed by atoms with Gasteiger partial charge in [0.2, 0.25) is 0 Å². The van der Waals surface area contributed by atoms with Crippen molar-refractivity contribution in [1.82, 2.24) is 0 Å². The second kappa shape index (κ2) is 6.67. The monoisotopic (exact) mass is 322 g/mol. The quantitative estimate of drug-likeness (QED) is 0.448. The van der Waals surface area contributed by atoms with E-state index in [4.69, 9.17) is 16.0 Å². The van der Waals surface area contributed by atoms with Gasteiger partial charge >= 0.3 is 0 Å². The summed E-state index contributed by atoms with van der Waals surface area (Å²) in [6.45, 7) is 1.99. The molecule has 23 heavy (non-hydrogen) atoms. The van der Waals surface area contributed by atoms with E-state index in [1.54, 1.807) is 6.08 Å². The molecule has 0 fully saturated rings. The first-order valence-corrected chi connectivity index (χ1v) is 7.64. The number of ketones is 1. The highest BCUT2D eigenvalue weighted by atomic mass is 35.5. The summed E-state index contributed by atoms with van der Waals surface area (Å²) in [7, 11) is 0. The Bertz CT molecular complexity index is 840. The van der Waals surface area contributed by atoms with Gasteiger partial charge in [-0.25, -0.2) is 0 Å². The lowest BCUT2D eigenvalue weighted by molar-refractivity contribution is 0.104. The smallest absolute Gasteiger partial charge is 0.185 e. The SMILES string of the molecule is Cc1ccc(C(=O)C=Cc2ccc(-c3ccc(Cl)cc3)o2)cc1. The van der Waals surface area contributed by atoms with Gasteiger partial charge in [0.05, 0.1) is 0 Å². The molecule has 2 nitrogen and oxygen atoms in total. The highest BCUT2D eigenvalue weighted by Crippen LogP contribution is 2.24. The lowest BCUT2D eigenvalue weighted by Gasteiger charge is -1.97. The first-order chi connectivity index (χ1) is 11.1. The number of hydrogen-bond acceptors (Lipinski definition) is 2. The molecule has 1 heterocycles. The molecule has 0 saturated heterocycles. The zero-order chi connectivity index (χ0) is 16.2. The van der Waals surface area contributed by atoms with Crippen molar-refractivity contribution in [2.24, 2.45) is 0 Å². The van der Waals surface area contributed by atoms with E-state index in [1.165, 1.54) is 6.08 Å². The number of hydrogen-bond donors (Lipinski definition) is 0. The molecule has 0 unspecified atom stereocenters. The van der Waals surface area contributed by atoms with E-state index in [9.17, 15) is 4.79 Å². The molecular formula is C20H15ClO2. The molecule has 0 atom stereocenters. The van der Waals surface area contributed by atoms with Crippen LogP contribution in [0.2, 0.25) is 5.02 Å². The maximum absolute atomic E-state index is 12.1. The molecule has 2 aromatic carbocycles. The molecule has 114 valence electrons. The molecule has 0 aliphatic carbocycles. The van der Waals surface area contributed by atoms with Crippen LogP contribution in [0.3, 0.4) is 0 Å². The molecule has 0 bridgehead atoms. The molecule has 3 heteroatoms. The number of aryl methyl sites for hydroxylation is 1. The van der Waals surface area contributed by atoms with Crippen molar-refractivity contribution in [1.29, 1.82) is 0 Å². The van der Waals surface area contributed by atoms with Gasteiger partial charge < -0.3 is 4.42 Å². The maximum atomic E-state index is 12.1. The van der Waals surface area contributed by atoms with E-state index in [2.05, 4.69) is 0 Å². The summed E-state index contributed by atoms with van der Waals surface area (Å²) in [5.74, 6) is 1.33.